The molecule has 21 heavy (non-hydrogen) atoms. The van der Waals surface area contributed by atoms with Crippen LogP contribution in [0.4, 0.5) is 4.79 Å². The van der Waals surface area contributed by atoms with E-state index in [-0.39, 0.29) is 18.7 Å². The summed E-state index contributed by atoms with van der Waals surface area (Å²) >= 11 is 0. The first-order chi connectivity index (χ1) is 9.71. The fraction of sp³-hybridized carbons (Fsp3) is 0.938. The van der Waals surface area contributed by atoms with Gasteiger partial charge < -0.3 is 15.2 Å². The molecule has 2 unspecified atom stereocenters. The molecule has 0 saturated carbocycles. The third-order valence-electron chi connectivity index (χ3n) is 3.79. The molecule has 1 heterocycles. The van der Waals surface area contributed by atoms with E-state index in [1.54, 1.807) is 0 Å². The molecule has 5 nitrogen and oxygen atoms in total. The van der Waals surface area contributed by atoms with Crippen LogP contribution in [0.25, 0.3) is 0 Å². The molecule has 0 aliphatic carbocycles. The molecule has 1 fully saturated rings. The summed E-state index contributed by atoms with van der Waals surface area (Å²) in [6, 6.07) is 0.588. The third kappa shape index (κ3) is 7.14. The van der Waals surface area contributed by atoms with Crippen LogP contribution in [0, 0.1) is 5.92 Å². The van der Waals surface area contributed by atoms with Crippen molar-refractivity contribution in [1.82, 2.24) is 10.2 Å². The number of hydrogen-bond acceptors (Lipinski definition) is 4. The van der Waals surface area contributed by atoms with Gasteiger partial charge in [0.15, 0.2) is 0 Å². The molecule has 5 heteroatoms. The van der Waals surface area contributed by atoms with Crippen LogP contribution in [0.3, 0.4) is 0 Å². The van der Waals surface area contributed by atoms with Crippen molar-refractivity contribution in [3.8, 4) is 0 Å². The lowest BCUT2D eigenvalue weighted by Gasteiger charge is -2.40. The van der Waals surface area contributed by atoms with Gasteiger partial charge in [-0.15, -0.1) is 0 Å². The monoisotopic (exact) mass is 300 g/mol. The number of carbonyl (C=O) groups is 1. The normalized spacial score (nSPS) is 24.1. The van der Waals surface area contributed by atoms with Crippen LogP contribution in [0.1, 0.15) is 53.9 Å². The van der Waals surface area contributed by atoms with E-state index in [2.05, 4.69) is 24.1 Å². The van der Waals surface area contributed by atoms with E-state index in [9.17, 15) is 4.79 Å². The SMILES string of the molecule is CC(C)N1CC(CCCO)CC(NC(=O)OC(C)(C)C)C1. The highest BCUT2D eigenvalue weighted by Crippen LogP contribution is 2.23. The van der Waals surface area contributed by atoms with Crippen molar-refractivity contribution in [2.24, 2.45) is 5.92 Å². The molecule has 2 atom stereocenters. The Morgan fingerprint density at radius 1 is 1.38 bits per heavy atom. The molecule has 0 radical (unpaired) electrons. The second kappa shape index (κ2) is 7.99. The highest BCUT2D eigenvalue weighted by atomic mass is 16.6. The van der Waals surface area contributed by atoms with Gasteiger partial charge in [0.2, 0.25) is 0 Å². The van der Waals surface area contributed by atoms with Crippen LogP contribution < -0.4 is 5.32 Å². The number of aliphatic hydroxyl groups is 1. The molecule has 0 aromatic heterocycles. The maximum Gasteiger partial charge on any atom is 0.407 e. The number of nitrogens with one attached hydrogen (secondary N) is 1. The van der Waals surface area contributed by atoms with Gasteiger partial charge in [-0.05, 0) is 59.8 Å². The van der Waals surface area contributed by atoms with Crippen molar-refractivity contribution in [1.29, 1.82) is 0 Å². The standard InChI is InChI=1S/C16H32N2O3/c1-12(2)18-10-13(7-6-8-19)9-14(11-18)17-15(20)21-16(3,4)5/h12-14,19H,6-11H2,1-5H3,(H,17,20). The molecule has 0 spiro atoms. The van der Waals surface area contributed by atoms with Crippen molar-refractivity contribution in [3.05, 3.63) is 0 Å². The summed E-state index contributed by atoms with van der Waals surface area (Å²) in [5, 5.41) is 12.0. The smallest absolute Gasteiger partial charge is 0.407 e. The Hall–Kier alpha value is -0.810. The Morgan fingerprint density at radius 3 is 2.57 bits per heavy atom. The molecular weight excluding hydrogens is 268 g/mol. The van der Waals surface area contributed by atoms with Crippen LogP contribution >= 0.6 is 0 Å². The summed E-state index contributed by atoms with van der Waals surface area (Å²) in [6.45, 7) is 12.1. The average Bonchev–Trinajstić information content (AvgIpc) is 2.33. The lowest BCUT2D eigenvalue weighted by atomic mass is 9.90. The highest BCUT2D eigenvalue weighted by molar-refractivity contribution is 5.68. The van der Waals surface area contributed by atoms with Gasteiger partial charge in [0.1, 0.15) is 5.60 Å². The maximum absolute atomic E-state index is 11.9. The summed E-state index contributed by atoms with van der Waals surface area (Å²) in [5.74, 6) is 0.522. The van der Waals surface area contributed by atoms with Crippen LogP contribution in [0.2, 0.25) is 0 Å². The minimum Gasteiger partial charge on any atom is -0.444 e. The molecule has 0 aromatic rings. The largest absolute Gasteiger partial charge is 0.444 e. The molecular formula is C16H32N2O3. The summed E-state index contributed by atoms with van der Waals surface area (Å²) in [5.41, 5.74) is -0.466. The molecule has 1 aliphatic rings. The Morgan fingerprint density at radius 2 is 2.05 bits per heavy atom. The van der Waals surface area contributed by atoms with E-state index in [1.807, 2.05) is 20.8 Å². The number of alkyl carbamates (subject to hydrolysis) is 1. The minimum atomic E-state index is -0.466. The zero-order valence-electron chi connectivity index (χ0n) is 14.2. The molecule has 124 valence electrons. The topological polar surface area (TPSA) is 61.8 Å². The van der Waals surface area contributed by atoms with E-state index in [4.69, 9.17) is 9.84 Å². The lowest BCUT2D eigenvalue weighted by Crippen LogP contribution is -2.53. The van der Waals surface area contributed by atoms with Crippen LogP contribution in [-0.2, 0) is 4.74 Å². The summed E-state index contributed by atoms with van der Waals surface area (Å²) in [7, 11) is 0. The number of amides is 1. The summed E-state index contributed by atoms with van der Waals surface area (Å²) in [4.78, 5) is 14.3. The average molecular weight is 300 g/mol. The van der Waals surface area contributed by atoms with Crippen molar-refractivity contribution < 1.29 is 14.6 Å². The number of carbonyl (C=O) groups excluding carboxylic acids is 1. The van der Waals surface area contributed by atoms with Gasteiger partial charge in [0.25, 0.3) is 0 Å². The van der Waals surface area contributed by atoms with Gasteiger partial charge in [0.05, 0.1) is 0 Å². The lowest BCUT2D eigenvalue weighted by molar-refractivity contribution is 0.0419. The number of rotatable bonds is 5. The van der Waals surface area contributed by atoms with E-state index in [0.29, 0.717) is 12.0 Å². The molecule has 1 rings (SSSR count). The van der Waals surface area contributed by atoms with Crippen molar-refractivity contribution in [2.45, 2.75) is 71.6 Å². The van der Waals surface area contributed by atoms with E-state index < -0.39 is 5.60 Å². The molecule has 0 aromatic carbocycles. The Bertz CT molecular complexity index is 326. The predicted molar refractivity (Wildman–Crippen MR) is 84.3 cm³/mol. The fourth-order valence-electron chi connectivity index (χ4n) is 2.83. The zero-order chi connectivity index (χ0) is 16.0. The summed E-state index contributed by atoms with van der Waals surface area (Å²) in [6.07, 6.45) is 2.46. The van der Waals surface area contributed by atoms with Crippen LogP contribution in [-0.4, -0.2) is 53.5 Å². The number of nitrogens with zero attached hydrogens (tertiary/aromatic N) is 1. The minimum absolute atomic E-state index is 0.125. The van der Waals surface area contributed by atoms with Gasteiger partial charge in [-0.2, -0.15) is 0 Å². The Labute approximate surface area is 129 Å². The van der Waals surface area contributed by atoms with Crippen LogP contribution in [0.15, 0.2) is 0 Å². The number of aliphatic hydroxyl groups excluding tert-OH is 1. The first kappa shape index (κ1) is 18.2. The van der Waals surface area contributed by atoms with Gasteiger partial charge in [-0.3, -0.25) is 4.90 Å². The first-order valence-electron chi connectivity index (χ1n) is 8.05. The number of hydrogen-bond donors (Lipinski definition) is 2. The Balaban J connectivity index is 2.56. The highest BCUT2D eigenvalue weighted by Gasteiger charge is 2.30. The second-order valence-electron chi connectivity index (χ2n) is 7.36. The summed E-state index contributed by atoms with van der Waals surface area (Å²) < 4.78 is 5.34. The second-order valence-corrected chi connectivity index (χ2v) is 7.36. The zero-order valence-corrected chi connectivity index (χ0v) is 14.2. The fourth-order valence-corrected chi connectivity index (χ4v) is 2.83. The molecule has 1 aliphatic heterocycles. The molecule has 2 N–H and O–H groups in total. The number of piperidine rings is 1. The van der Waals surface area contributed by atoms with Crippen molar-refractivity contribution in [2.75, 3.05) is 19.7 Å². The van der Waals surface area contributed by atoms with Gasteiger partial charge in [0, 0.05) is 31.8 Å². The Kier molecular flexibility index (Phi) is 6.94. The van der Waals surface area contributed by atoms with E-state index >= 15 is 0 Å². The molecule has 1 amide bonds. The number of likely N-dealkylation sites (tertiary alicyclic amines) is 1. The predicted octanol–water partition coefficient (Wildman–Crippen LogP) is 2.38. The quantitative estimate of drug-likeness (QED) is 0.818. The van der Waals surface area contributed by atoms with Gasteiger partial charge in [-0.25, -0.2) is 4.79 Å². The maximum atomic E-state index is 11.9. The molecule has 1 saturated heterocycles. The van der Waals surface area contributed by atoms with Crippen LogP contribution in [0.5, 0.6) is 0 Å². The van der Waals surface area contributed by atoms with Gasteiger partial charge >= 0.3 is 6.09 Å². The van der Waals surface area contributed by atoms with E-state index in [0.717, 1.165) is 32.4 Å². The van der Waals surface area contributed by atoms with E-state index in [1.165, 1.54) is 0 Å². The first-order valence-corrected chi connectivity index (χ1v) is 8.05. The van der Waals surface area contributed by atoms with Crippen molar-refractivity contribution in [3.63, 3.8) is 0 Å². The van der Waals surface area contributed by atoms with Crippen molar-refractivity contribution >= 4 is 6.09 Å². The third-order valence-corrected chi connectivity index (χ3v) is 3.79. The number of ether oxygens (including phenoxy) is 1. The van der Waals surface area contributed by atoms with Gasteiger partial charge in [-0.1, -0.05) is 0 Å². The molecule has 0 bridgehead atoms.